The van der Waals surface area contributed by atoms with Crippen LogP contribution >= 0.6 is 0 Å². The summed E-state index contributed by atoms with van der Waals surface area (Å²) in [5.41, 5.74) is 9.19. The van der Waals surface area contributed by atoms with Gasteiger partial charge in [0.05, 0.1) is 7.11 Å². The second kappa shape index (κ2) is 7.27. The van der Waals surface area contributed by atoms with Crippen LogP contribution in [0.25, 0.3) is 6.08 Å². The van der Waals surface area contributed by atoms with Crippen molar-refractivity contribution in [2.75, 3.05) is 7.11 Å². The fraction of sp³-hybridized carbons (Fsp3) is 0.312. The van der Waals surface area contributed by atoms with Crippen LogP contribution in [-0.2, 0) is 20.9 Å². The van der Waals surface area contributed by atoms with Crippen LogP contribution in [0.2, 0.25) is 0 Å². The number of aryl methyl sites for hydroxylation is 2. The summed E-state index contributed by atoms with van der Waals surface area (Å²) < 4.78 is 9.42. The zero-order valence-corrected chi connectivity index (χ0v) is 13.0. The lowest BCUT2D eigenvalue weighted by atomic mass is 9.92. The summed E-state index contributed by atoms with van der Waals surface area (Å²) in [5.74, 6) is -0.783. The first-order valence-corrected chi connectivity index (χ1v) is 6.53. The molecule has 0 aliphatic rings. The van der Waals surface area contributed by atoms with E-state index in [1.54, 1.807) is 6.07 Å². The van der Waals surface area contributed by atoms with Gasteiger partial charge >= 0.3 is 6.16 Å². The van der Waals surface area contributed by atoms with Crippen LogP contribution < -0.4 is 5.73 Å². The number of hydrogen-bond acceptors (Lipinski definition) is 5. The van der Waals surface area contributed by atoms with Crippen molar-refractivity contribution >= 4 is 18.1 Å². The molecule has 0 radical (unpaired) electrons. The number of nitrogens with two attached hydrogens (primary N) is 1. The van der Waals surface area contributed by atoms with E-state index in [9.17, 15) is 9.59 Å². The average Bonchev–Trinajstić information content (AvgIpc) is 2.46. The molecule has 0 heterocycles. The molecule has 0 saturated heterocycles. The molecule has 1 aromatic carbocycles. The number of benzene rings is 1. The van der Waals surface area contributed by atoms with E-state index in [-0.39, 0.29) is 12.2 Å². The molecule has 0 fully saturated rings. The molecule has 6 heteroatoms. The van der Waals surface area contributed by atoms with Crippen molar-refractivity contribution in [1.82, 2.24) is 0 Å². The van der Waals surface area contributed by atoms with Gasteiger partial charge in [0.15, 0.2) is 0 Å². The van der Waals surface area contributed by atoms with Gasteiger partial charge in [-0.2, -0.15) is 5.26 Å². The molecular formula is C16H18N2O4. The number of hydrogen-bond donors (Lipinski definition) is 1. The van der Waals surface area contributed by atoms with Crippen LogP contribution in [0.1, 0.15) is 27.8 Å². The van der Waals surface area contributed by atoms with Gasteiger partial charge in [-0.15, -0.1) is 0 Å². The minimum absolute atomic E-state index is 0.0456. The monoisotopic (exact) mass is 302 g/mol. The maximum absolute atomic E-state index is 11.2. The van der Waals surface area contributed by atoms with Gasteiger partial charge in [-0.3, -0.25) is 4.79 Å². The van der Waals surface area contributed by atoms with E-state index >= 15 is 0 Å². The molecule has 0 unspecified atom stereocenters. The predicted octanol–water partition coefficient (Wildman–Crippen LogP) is 2.29. The summed E-state index contributed by atoms with van der Waals surface area (Å²) in [6.07, 6.45) is 0.681. The molecule has 0 aliphatic carbocycles. The lowest BCUT2D eigenvalue weighted by Crippen LogP contribution is -2.13. The summed E-state index contributed by atoms with van der Waals surface area (Å²) in [7, 11) is 1.23. The molecule has 116 valence electrons. The Morgan fingerprint density at radius 1 is 1.32 bits per heavy atom. The van der Waals surface area contributed by atoms with Crippen LogP contribution in [0.5, 0.6) is 0 Å². The van der Waals surface area contributed by atoms with Gasteiger partial charge in [0, 0.05) is 0 Å². The highest BCUT2D eigenvalue weighted by atomic mass is 16.7. The standard InChI is InChI=1S/C16H18N2O4/c1-9-5-10(2)14(8-22-16(20)21-4)11(3)13(9)6-12(7-17)15(18)19/h5-6H,8H2,1-4H3,(H2,18,19). The summed E-state index contributed by atoms with van der Waals surface area (Å²) >= 11 is 0. The Labute approximate surface area is 129 Å². The number of amides is 1. The number of rotatable bonds is 4. The highest BCUT2D eigenvalue weighted by Crippen LogP contribution is 2.25. The summed E-state index contributed by atoms with van der Waals surface area (Å²) in [6.45, 7) is 5.64. The largest absolute Gasteiger partial charge is 0.508 e. The first-order valence-electron chi connectivity index (χ1n) is 6.53. The van der Waals surface area contributed by atoms with Crippen molar-refractivity contribution in [1.29, 1.82) is 5.26 Å². The number of carbonyl (C=O) groups is 2. The second-order valence-electron chi connectivity index (χ2n) is 4.80. The van der Waals surface area contributed by atoms with Crippen molar-refractivity contribution in [3.05, 3.63) is 39.5 Å². The van der Waals surface area contributed by atoms with Crippen molar-refractivity contribution < 1.29 is 19.1 Å². The summed E-state index contributed by atoms with van der Waals surface area (Å²) in [5, 5.41) is 8.97. The third-order valence-electron chi connectivity index (χ3n) is 3.37. The van der Waals surface area contributed by atoms with E-state index < -0.39 is 12.1 Å². The molecule has 1 aromatic rings. The third kappa shape index (κ3) is 3.85. The number of nitrogens with zero attached hydrogens (tertiary/aromatic N) is 1. The van der Waals surface area contributed by atoms with Crippen molar-refractivity contribution in [2.45, 2.75) is 27.4 Å². The molecule has 1 rings (SSSR count). The van der Waals surface area contributed by atoms with Gasteiger partial charge in [0.1, 0.15) is 18.2 Å². The SMILES string of the molecule is COC(=O)OCc1c(C)cc(C)c(C=C(C#N)C(N)=O)c1C. The van der Waals surface area contributed by atoms with E-state index in [1.165, 1.54) is 13.2 Å². The Hall–Kier alpha value is -2.81. The summed E-state index contributed by atoms with van der Waals surface area (Å²) in [6, 6.07) is 3.67. The van der Waals surface area contributed by atoms with Gasteiger partial charge < -0.3 is 15.2 Å². The van der Waals surface area contributed by atoms with Gasteiger partial charge in [0.2, 0.25) is 0 Å². The van der Waals surface area contributed by atoms with Crippen LogP contribution in [0.4, 0.5) is 4.79 Å². The van der Waals surface area contributed by atoms with E-state index in [0.29, 0.717) is 5.56 Å². The molecule has 0 bridgehead atoms. The molecular weight excluding hydrogens is 284 g/mol. The molecule has 0 aliphatic heterocycles. The number of carbonyl (C=O) groups excluding carboxylic acids is 2. The molecule has 0 aromatic heterocycles. The van der Waals surface area contributed by atoms with Gasteiger partial charge in [-0.1, -0.05) is 6.07 Å². The molecule has 0 atom stereocenters. The Bertz CT molecular complexity index is 684. The van der Waals surface area contributed by atoms with E-state index in [1.807, 2.05) is 26.8 Å². The lowest BCUT2D eigenvalue weighted by Gasteiger charge is -2.15. The molecule has 2 N–H and O–H groups in total. The number of methoxy groups -OCH3 is 1. The van der Waals surface area contributed by atoms with E-state index in [0.717, 1.165) is 22.3 Å². The van der Waals surface area contributed by atoms with Crippen LogP contribution in [0, 0.1) is 32.1 Å². The zero-order valence-electron chi connectivity index (χ0n) is 13.0. The average molecular weight is 302 g/mol. The predicted molar refractivity (Wildman–Crippen MR) is 80.6 cm³/mol. The molecule has 0 spiro atoms. The van der Waals surface area contributed by atoms with E-state index in [2.05, 4.69) is 4.74 Å². The Kier molecular flexibility index (Phi) is 5.70. The van der Waals surface area contributed by atoms with Gasteiger partial charge in [0.25, 0.3) is 5.91 Å². The highest BCUT2D eigenvalue weighted by Gasteiger charge is 2.14. The summed E-state index contributed by atoms with van der Waals surface area (Å²) in [4.78, 5) is 22.3. The third-order valence-corrected chi connectivity index (χ3v) is 3.37. The quantitative estimate of drug-likeness (QED) is 0.522. The zero-order chi connectivity index (χ0) is 16.9. The maximum Gasteiger partial charge on any atom is 0.508 e. The molecule has 1 amide bonds. The van der Waals surface area contributed by atoms with Crippen LogP contribution in [-0.4, -0.2) is 19.2 Å². The van der Waals surface area contributed by atoms with E-state index in [4.69, 9.17) is 15.7 Å². The van der Waals surface area contributed by atoms with Crippen LogP contribution in [0.15, 0.2) is 11.6 Å². The topological polar surface area (TPSA) is 102 Å². The van der Waals surface area contributed by atoms with Crippen LogP contribution in [0.3, 0.4) is 0 Å². The smallest absolute Gasteiger partial charge is 0.438 e. The van der Waals surface area contributed by atoms with Crippen molar-refractivity contribution in [2.24, 2.45) is 5.73 Å². The fourth-order valence-electron chi connectivity index (χ4n) is 2.18. The van der Waals surface area contributed by atoms with Crippen molar-refractivity contribution in [3.8, 4) is 6.07 Å². The Balaban J connectivity index is 3.34. The first kappa shape index (κ1) is 17.2. The van der Waals surface area contributed by atoms with Crippen molar-refractivity contribution in [3.63, 3.8) is 0 Å². The number of primary amides is 1. The van der Waals surface area contributed by atoms with Gasteiger partial charge in [-0.05, 0) is 54.7 Å². The second-order valence-corrected chi connectivity index (χ2v) is 4.80. The minimum atomic E-state index is -0.783. The van der Waals surface area contributed by atoms with Gasteiger partial charge in [-0.25, -0.2) is 4.79 Å². The normalized spacial score (nSPS) is 10.8. The minimum Gasteiger partial charge on any atom is -0.438 e. The fourth-order valence-corrected chi connectivity index (χ4v) is 2.18. The molecule has 6 nitrogen and oxygen atoms in total. The Morgan fingerprint density at radius 3 is 2.45 bits per heavy atom. The highest BCUT2D eigenvalue weighted by molar-refractivity contribution is 6.00. The Morgan fingerprint density at radius 2 is 1.95 bits per heavy atom. The number of ether oxygens (including phenoxy) is 2. The molecule has 22 heavy (non-hydrogen) atoms. The number of nitriles is 1. The molecule has 0 saturated carbocycles. The maximum atomic E-state index is 11.2. The first-order chi connectivity index (χ1) is 10.3. The lowest BCUT2D eigenvalue weighted by molar-refractivity contribution is -0.114.